The molecule has 0 N–H and O–H groups in total. The van der Waals surface area contributed by atoms with Crippen LogP contribution in [0.25, 0.3) is 34.2 Å². The maximum atomic E-state index is 6.29. The van der Waals surface area contributed by atoms with Crippen molar-refractivity contribution in [1.82, 2.24) is 10.2 Å². The maximum absolute atomic E-state index is 6.29. The smallest absolute Gasteiger partial charge is 0.248 e. The van der Waals surface area contributed by atoms with E-state index in [0.29, 0.717) is 17.7 Å². The summed E-state index contributed by atoms with van der Waals surface area (Å²) in [7, 11) is 0. The van der Waals surface area contributed by atoms with Crippen LogP contribution in [-0.4, -0.2) is 10.2 Å². The summed E-state index contributed by atoms with van der Waals surface area (Å²) in [6.07, 6.45) is 11.8. The molecule has 2 aromatic carbocycles. The van der Waals surface area contributed by atoms with Crippen LogP contribution in [0.4, 0.5) is 0 Å². The van der Waals surface area contributed by atoms with Gasteiger partial charge < -0.3 is 4.42 Å². The second kappa shape index (κ2) is 12.5. The van der Waals surface area contributed by atoms with Crippen LogP contribution in [0.15, 0.2) is 71.3 Å². The predicted molar refractivity (Wildman–Crippen MR) is 173 cm³/mol. The van der Waals surface area contributed by atoms with Gasteiger partial charge in [-0.1, -0.05) is 92.3 Å². The van der Waals surface area contributed by atoms with Gasteiger partial charge in [-0.3, -0.25) is 0 Å². The van der Waals surface area contributed by atoms with Gasteiger partial charge in [0, 0.05) is 42.0 Å². The van der Waals surface area contributed by atoms with E-state index < -0.39 is 0 Å². The van der Waals surface area contributed by atoms with Crippen molar-refractivity contribution < 1.29 is 8.98 Å². The lowest BCUT2D eigenvalue weighted by Crippen LogP contribution is -2.62. The van der Waals surface area contributed by atoms with Crippen molar-refractivity contribution in [3.8, 4) is 34.2 Å². The second-order valence-corrected chi connectivity index (χ2v) is 13.2. The zero-order chi connectivity index (χ0) is 29.9. The molecule has 222 valence electrons. The molecule has 0 bridgehead atoms. The van der Waals surface area contributed by atoms with Crippen LogP contribution in [0, 0.1) is 5.92 Å². The molecule has 1 aliphatic heterocycles. The average Bonchev–Trinajstić information content (AvgIpc) is 3.52. The first-order chi connectivity index (χ1) is 20.3. The highest BCUT2D eigenvalue weighted by molar-refractivity contribution is 5.71. The third kappa shape index (κ3) is 5.57. The van der Waals surface area contributed by atoms with Crippen LogP contribution in [0.1, 0.15) is 117 Å². The summed E-state index contributed by atoms with van der Waals surface area (Å²) in [6, 6.07) is 22.1. The van der Waals surface area contributed by atoms with E-state index in [1.807, 2.05) is 0 Å². The van der Waals surface area contributed by atoms with E-state index in [-0.39, 0.29) is 11.0 Å². The minimum Gasteiger partial charge on any atom is -0.416 e. The monoisotopic (exact) mass is 564 g/mol. The summed E-state index contributed by atoms with van der Waals surface area (Å²) in [6.45, 7) is 16.3. The standard InChI is InChI=1S/C38H50N3O/c1-8-15-33-31-23-20-29(26-32(31)34-17-12-13-25-41(34)38(33,10-3)11-4)36-40-39-35(42-36)28-18-21-30(22-19-28)37(6,7)24-14-16-27(5)9-2/h12-13,17-23,25-27,33H,8-11,14-16,24H2,1-7H3/q+1. The molecule has 4 nitrogen and oxygen atoms in total. The first-order valence-electron chi connectivity index (χ1n) is 16.4. The van der Waals surface area contributed by atoms with Gasteiger partial charge >= 0.3 is 0 Å². The van der Waals surface area contributed by atoms with Crippen LogP contribution < -0.4 is 4.57 Å². The first-order valence-corrected chi connectivity index (χ1v) is 16.4. The summed E-state index contributed by atoms with van der Waals surface area (Å²) in [5.74, 6) is 2.41. The minimum absolute atomic E-state index is 0.0907. The Labute approximate surface area is 253 Å². The fraction of sp³-hybridized carbons (Fsp3) is 0.500. The van der Waals surface area contributed by atoms with E-state index in [1.165, 1.54) is 54.5 Å². The van der Waals surface area contributed by atoms with Gasteiger partial charge in [-0.05, 0) is 65.6 Å². The highest BCUT2D eigenvalue weighted by Gasteiger charge is 2.50. The summed E-state index contributed by atoms with van der Waals surface area (Å²) < 4.78 is 8.84. The van der Waals surface area contributed by atoms with Crippen LogP contribution in [-0.2, 0) is 11.0 Å². The number of benzene rings is 2. The second-order valence-electron chi connectivity index (χ2n) is 13.2. The number of hydrogen-bond acceptors (Lipinski definition) is 3. The van der Waals surface area contributed by atoms with Crippen molar-refractivity contribution >= 4 is 0 Å². The van der Waals surface area contributed by atoms with E-state index in [1.54, 1.807) is 0 Å². The van der Waals surface area contributed by atoms with Crippen molar-refractivity contribution in [1.29, 1.82) is 0 Å². The molecule has 0 saturated carbocycles. The van der Waals surface area contributed by atoms with Gasteiger partial charge in [-0.2, -0.15) is 4.57 Å². The van der Waals surface area contributed by atoms with Crippen LogP contribution >= 0.6 is 0 Å². The first kappa shape index (κ1) is 30.2. The molecule has 0 aliphatic carbocycles. The van der Waals surface area contributed by atoms with E-state index >= 15 is 0 Å². The molecular weight excluding hydrogens is 514 g/mol. The molecule has 2 atom stereocenters. The van der Waals surface area contributed by atoms with E-state index in [2.05, 4.69) is 130 Å². The molecule has 4 heteroatoms. The maximum Gasteiger partial charge on any atom is 0.248 e. The van der Waals surface area contributed by atoms with E-state index in [4.69, 9.17) is 4.42 Å². The van der Waals surface area contributed by atoms with Crippen molar-refractivity contribution in [2.24, 2.45) is 5.92 Å². The van der Waals surface area contributed by atoms with Gasteiger partial charge in [-0.15, -0.1) is 10.2 Å². The average molecular weight is 565 g/mol. The fourth-order valence-electron chi connectivity index (χ4n) is 7.28. The summed E-state index contributed by atoms with van der Waals surface area (Å²) >= 11 is 0. The zero-order valence-electron chi connectivity index (χ0n) is 26.9. The highest BCUT2D eigenvalue weighted by Crippen LogP contribution is 2.48. The van der Waals surface area contributed by atoms with Crippen molar-refractivity contribution in [3.05, 3.63) is 78.0 Å². The largest absolute Gasteiger partial charge is 0.416 e. The van der Waals surface area contributed by atoms with Crippen molar-refractivity contribution in [2.75, 3.05) is 0 Å². The molecule has 0 spiro atoms. The molecule has 2 aromatic heterocycles. The molecule has 2 unspecified atom stereocenters. The molecule has 1 aliphatic rings. The Morgan fingerprint density at radius 1 is 0.905 bits per heavy atom. The predicted octanol–water partition coefficient (Wildman–Crippen LogP) is 10.3. The Balaban J connectivity index is 1.42. The molecule has 0 fully saturated rings. The fourth-order valence-corrected chi connectivity index (χ4v) is 7.28. The molecule has 0 radical (unpaired) electrons. The summed E-state index contributed by atoms with van der Waals surface area (Å²) in [4.78, 5) is 0. The lowest BCUT2D eigenvalue weighted by Gasteiger charge is -2.40. The van der Waals surface area contributed by atoms with E-state index in [0.717, 1.165) is 36.3 Å². The van der Waals surface area contributed by atoms with Crippen LogP contribution in [0.2, 0.25) is 0 Å². The molecule has 42 heavy (non-hydrogen) atoms. The number of aromatic nitrogens is 3. The van der Waals surface area contributed by atoms with Gasteiger partial charge in [0.15, 0.2) is 11.7 Å². The minimum atomic E-state index is 0.0907. The lowest BCUT2D eigenvalue weighted by molar-refractivity contribution is -0.763. The van der Waals surface area contributed by atoms with E-state index in [9.17, 15) is 0 Å². The number of hydrogen-bond donors (Lipinski definition) is 0. The SMILES string of the molecule is CCCC1c2ccc(-c3nnc(-c4ccc(C(C)(C)CCCC(C)CC)cc4)o3)cc2-c2cccc[n+]2C1(CC)CC. The Hall–Kier alpha value is -3.27. The molecule has 3 heterocycles. The third-order valence-corrected chi connectivity index (χ3v) is 10.3. The molecule has 0 amide bonds. The van der Waals surface area contributed by atoms with Gasteiger partial charge in [0.2, 0.25) is 17.5 Å². The van der Waals surface area contributed by atoms with Gasteiger partial charge in [-0.25, -0.2) is 0 Å². The zero-order valence-corrected chi connectivity index (χ0v) is 26.9. The molecule has 4 aromatic rings. The Kier molecular flexibility index (Phi) is 9.01. The lowest BCUT2D eigenvalue weighted by atomic mass is 9.68. The number of pyridine rings is 1. The molecule has 0 saturated heterocycles. The molecular formula is C38H50N3O+. The Morgan fingerprint density at radius 3 is 2.26 bits per heavy atom. The van der Waals surface area contributed by atoms with Gasteiger partial charge in [0.1, 0.15) is 0 Å². The molecule has 5 rings (SSSR count). The van der Waals surface area contributed by atoms with Gasteiger partial charge in [0.25, 0.3) is 0 Å². The van der Waals surface area contributed by atoms with Crippen molar-refractivity contribution in [2.45, 2.75) is 117 Å². The number of nitrogens with zero attached hydrogens (tertiary/aromatic N) is 3. The van der Waals surface area contributed by atoms with Gasteiger partial charge in [0.05, 0.1) is 5.56 Å². The van der Waals surface area contributed by atoms with Crippen molar-refractivity contribution in [3.63, 3.8) is 0 Å². The highest BCUT2D eigenvalue weighted by atomic mass is 16.4. The van der Waals surface area contributed by atoms with Crippen LogP contribution in [0.3, 0.4) is 0 Å². The quantitative estimate of drug-likeness (QED) is 0.161. The normalized spacial score (nSPS) is 16.6. The number of fused-ring (bicyclic) bond motifs is 3. The Bertz CT molecular complexity index is 1480. The third-order valence-electron chi connectivity index (χ3n) is 10.3. The summed E-state index contributed by atoms with van der Waals surface area (Å²) in [5, 5.41) is 8.96. The van der Waals surface area contributed by atoms with Crippen LogP contribution in [0.5, 0.6) is 0 Å². The number of rotatable bonds is 12. The Morgan fingerprint density at radius 2 is 1.60 bits per heavy atom. The topological polar surface area (TPSA) is 42.8 Å². The summed E-state index contributed by atoms with van der Waals surface area (Å²) in [5.41, 5.74) is 7.52.